The van der Waals surface area contributed by atoms with Gasteiger partial charge in [0.05, 0.1) is 5.52 Å². The number of unbranched alkanes of at least 4 members (excludes halogenated alkanes) is 3. The van der Waals surface area contributed by atoms with Gasteiger partial charge in [0.15, 0.2) is 5.75 Å². The van der Waals surface area contributed by atoms with Gasteiger partial charge in [0.1, 0.15) is 13.2 Å². The number of hydrogen-bond acceptors (Lipinski definition) is 4. The van der Waals surface area contributed by atoms with Crippen molar-refractivity contribution in [2.75, 3.05) is 18.5 Å². The SMILES string of the molecule is C=CCOc1c(OCC=C(C)C)c2ccc(NC(=O)c3ccccc3)cc2n(CCCCCC)c1=O. The Labute approximate surface area is 213 Å². The molecule has 0 spiro atoms. The van der Waals surface area contributed by atoms with E-state index in [1.165, 1.54) is 0 Å². The summed E-state index contributed by atoms with van der Waals surface area (Å²) >= 11 is 0. The van der Waals surface area contributed by atoms with Crippen molar-refractivity contribution in [3.63, 3.8) is 0 Å². The first-order valence-corrected chi connectivity index (χ1v) is 12.5. The molecule has 0 aliphatic heterocycles. The molecule has 1 N–H and O–H groups in total. The number of fused-ring (bicyclic) bond motifs is 1. The molecule has 0 aliphatic rings. The number of allylic oxidation sites excluding steroid dienone is 1. The predicted molar refractivity (Wildman–Crippen MR) is 147 cm³/mol. The largest absolute Gasteiger partial charge is 0.485 e. The molecule has 0 radical (unpaired) electrons. The summed E-state index contributed by atoms with van der Waals surface area (Å²) < 4.78 is 13.7. The number of aryl methyl sites for hydroxylation is 1. The normalized spacial score (nSPS) is 10.6. The van der Waals surface area contributed by atoms with Crippen molar-refractivity contribution in [3.8, 4) is 11.5 Å². The Balaban J connectivity index is 2.10. The lowest BCUT2D eigenvalue weighted by Gasteiger charge is -2.19. The molecule has 1 amide bonds. The first-order valence-electron chi connectivity index (χ1n) is 12.5. The minimum Gasteiger partial charge on any atom is -0.485 e. The lowest BCUT2D eigenvalue weighted by atomic mass is 10.1. The summed E-state index contributed by atoms with van der Waals surface area (Å²) in [6, 6.07) is 14.6. The second kappa shape index (κ2) is 13.3. The average Bonchev–Trinajstić information content (AvgIpc) is 2.87. The van der Waals surface area contributed by atoms with Crippen LogP contribution in [0.4, 0.5) is 5.69 Å². The number of nitrogens with one attached hydrogen (secondary N) is 1. The topological polar surface area (TPSA) is 69.6 Å². The fourth-order valence-electron chi connectivity index (χ4n) is 3.89. The van der Waals surface area contributed by atoms with E-state index >= 15 is 0 Å². The lowest BCUT2D eigenvalue weighted by molar-refractivity contribution is 0.102. The van der Waals surface area contributed by atoms with Gasteiger partial charge >= 0.3 is 0 Å². The van der Waals surface area contributed by atoms with Gasteiger partial charge in [-0.25, -0.2) is 0 Å². The summed E-state index contributed by atoms with van der Waals surface area (Å²) in [6.07, 6.45) is 7.66. The molecule has 2 aromatic carbocycles. The molecular weight excluding hydrogens is 452 g/mol. The maximum absolute atomic E-state index is 13.6. The van der Waals surface area contributed by atoms with E-state index in [0.717, 1.165) is 36.6 Å². The number of aromatic nitrogens is 1. The van der Waals surface area contributed by atoms with Crippen LogP contribution in [0.25, 0.3) is 10.9 Å². The van der Waals surface area contributed by atoms with Gasteiger partial charge in [-0.3, -0.25) is 9.59 Å². The van der Waals surface area contributed by atoms with Crippen molar-refractivity contribution in [3.05, 3.63) is 88.8 Å². The maximum atomic E-state index is 13.6. The molecule has 0 unspecified atom stereocenters. The van der Waals surface area contributed by atoms with E-state index in [-0.39, 0.29) is 23.8 Å². The van der Waals surface area contributed by atoms with Crippen LogP contribution < -0.4 is 20.3 Å². The summed E-state index contributed by atoms with van der Waals surface area (Å²) in [4.78, 5) is 26.4. The number of amides is 1. The molecule has 6 nitrogen and oxygen atoms in total. The van der Waals surface area contributed by atoms with Crippen LogP contribution in [-0.4, -0.2) is 23.7 Å². The minimum absolute atomic E-state index is 0.182. The first kappa shape index (κ1) is 26.8. The number of ether oxygens (including phenoxy) is 2. The van der Waals surface area contributed by atoms with Gasteiger partial charge in [0.25, 0.3) is 11.5 Å². The molecule has 0 atom stereocenters. The third-order valence-corrected chi connectivity index (χ3v) is 5.77. The van der Waals surface area contributed by atoms with Gasteiger partial charge in [-0.2, -0.15) is 0 Å². The summed E-state index contributed by atoms with van der Waals surface area (Å²) in [5.41, 5.74) is 2.73. The third-order valence-electron chi connectivity index (χ3n) is 5.77. The Hall–Kier alpha value is -3.80. The lowest BCUT2D eigenvalue weighted by Crippen LogP contribution is -2.24. The molecule has 3 aromatic rings. The van der Waals surface area contributed by atoms with E-state index in [2.05, 4.69) is 18.8 Å². The summed E-state index contributed by atoms with van der Waals surface area (Å²) in [5, 5.41) is 3.70. The van der Waals surface area contributed by atoms with Crippen LogP contribution >= 0.6 is 0 Å². The van der Waals surface area contributed by atoms with E-state index < -0.39 is 0 Å². The zero-order valence-electron chi connectivity index (χ0n) is 21.5. The molecule has 0 saturated carbocycles. The minimum atomic E-state index is -0.250. The van der Waals surface area contributed by atoms with Gasteiger partial charge in [0, 0.05) is 23.2 Å². The van der Waals surface area contributed by atoms with Crippen LogP contribution in [0.5, 0.6) is 11.5 Å². The summed E-state index contributed by atoms with van der Waals surface area (Å²) in [6.45, 7) is 10.9. The number of carbonyl (C=O) groups excluding carboxylic acids is 1. The van der Waals surface area contributed by atoms with Crippen LogP contribution in [-0.2, 0) is 6.54 Å². The quantitative estimate of drug-likeness (QED) is 0.214. The Bertz CT molecular complexity index is 1270. The second-order valence-corrected chi connectivity index (χ2v) is 8.92. The van der Waals surface area contributed by atoms with Gasteiger partial charge in [-0.05, 0) is 56.7 Å². The Morgan fingerprint density at radius 3 is 2.44 bits per heavy atom. The van der Waals surface area contributed by atoms with Crippen molar-refractivity contribution in [1.82, 2.24) is 4.57 Å². The fraction of sp³-hybridized carbons (Fsp3) is 0.333. The zero-order chi connectivity index (χ0) is 25.9. The van der Waals surface area contributed by atoms with Gasteiger partial charge in [0.2, 0.25) is 5.75 Å². The molecular formula is C30H36N2O4. The summed E-state index contributed by atoms with van der Waals surface area (Å²) in [5.74, 6) is 0.374. The van der Waals surface area contributed by atoms with Crippen molar-refractivity contribution >= 4 is 22.5 Å². The molecule has 0 saturated heterocycles. The van der Waals surface area contributed by atoms with E-state index in [1.807, 2.05) is 56.3 Å². The van der Waals surface area contributed by atoms with Crippen LogP contribution in [0.1, 0.15) is 56.8 Å². The third kappa shape index (κ3) is 6.87. The summed E-state index contributed by atoms with van der Waals surface area (Å²) in [7, 11) is 0. The van der Waals surface area contributed by atoms with Crippen LogP contribution in [0.15, 0.2) is 77.6 Å². The maximum Gasteiger partial charge on any atom is 0.297 e. The smallest absolute Gasteiger partial charge is 0.297 e. The molecule has 1 aromatic heterocycles. The van der Waals surface area contributed by atoms with Gasteiger partial charge in [-0.1, -0.05) is 62.6 Å². The average molecular weight is 489 g/mol. The predicted octanol–water partition coefficient (Wildman–Crippen LogP) is 6.74. The van der Waals surface area contributed by atoms with E-state index in [0.29, 0.717) is 35.7 Å². The second-order valence-electron chi connectivity index (χ2n) is 8.92. The Morgan fingerprint density at radius 1 is 1.00 bits per heavy atom. The van der Waals surface area contributed by atoms with Crippen LogP contribution in [0, 0.1) is 0 Å². The number of anilines is 1. The molecule has 3 rings (SSSR count). The van der Waals surface area contributed by atoms with Crippen LogP contribution in [0.3, 0.4) is 0 Å². The highest BCUT2D eigenvalue weighted by atomic mass is 16.5. The molecule has 0 fully saturated rings. The van der Waals surface area contributed by atoms with Crippen molar-refractivity contribution in [2.24, 2.45) is 0 Å². The molecule has 36 heavy (non-hydrogen) atoms. The van der Waals surface area contributed by atoms with E-state index in [1.54, 1.807) is 22.8 Å². The molecule has 6 heteroatoms. The van der Waals surface area contributed by atoms with E-state index in [4.69, 9.17) is 9.47 Å². The van der Waals surface area contributed by atoms with Gasteiger partial charge in [-0.15, -0.1) is 0 Å². The van der Waals surface area contributed by atoms with Crippen molar-refractivity contribution in [1.29, 1.82) is 0 Å². The number of pyridine rings is 1. The highest BCUT2D eigenvalue weighted by Crippen LogP contribution is 2.35. The standard InChI is InChI=1S/C30H36N2O4/c1-5-7-8-12-18-32-26-21-24(31-29(33)23-13-10-9-11-14-23)15-16-25(26)27(36-20-17-22(3)4)28(30(32)34)35-19-6-2/h6,9-11,13-17,21H,2,5,7-8,12,18-20H2,1,3-4H3,(H,31,33). The number of carbonyl (C=O) groups is 1. The molecule has 0 aliphatic carbocycles. The number of benzene rings is 2. The monoisotopic (exact) mass is 488 g/mol. The van der Waals surface area contributed by atoms with Crippen LogP contribution in [0.2, 0.25) is 0 Å². The van der Waals surface area contributed by atoms with Crippen molar-refractivity contribution in [2.45, 2.75) is 53.0 Å². The number of rotatable bonds is 13. The highest BCUT2D eigenvalue weighted by Gasteiger charge is 2.20. The highest BCUT2D eigenvalue weighted by molar-refractivity contribution is 6.05. The number of hydrogen-bond donors (Lipinski definition) is 1. The Morgan fingerprint density at radius 2 is 1.75 bits per heavy atom. The first-order chi connectivity index (χ1) is 17.5. The fourth-order valence-corrected chi connectivity index (χ4v) is 3.89. The Kier molecular flexibility index (Phi) is 9.92. The van der Waals surface area contributed by atoms with Gasteiger partial charge < -0.3 is 19.4 Å². The van der Waals surface area contributed by atoms with E-state index in [9.17, 15) is 9.59 Å². The molecule has 1 heterocycles. The van der Waals surface area contributed by atoms with Crippen molar-refractivity contribution < 1.29 is 14.3 Å². The molecule has 0 bridgehead atoms. The number of nitrogens with zero attached hydrogens (tertiary/aromatic N) is 1. The molecule has 190 valence electrons. The zero-order valence-corrected chi connectivity index (χ0v) is 21.5.